The first-order chi connectivity index (χ1) is 8.61. The zero-order chi connectivity index (χ0) is 13.0. The molecule has 0 spiro atoms. The molecule has 0 aromatic heterocycles. The minimum absolute atomic E-state index is 0.0438. The molecule has 4 nitrogen and oxygen atoms in total. The van der Waals surface area contributed by atoms with Gasteiger partial charge in [-0.3, -0.25) is 4.90 Å². The van der Waals surface area contributed by atoms with Gasteiger partial charge in [0.2, 0.25) is 0 Å². The van der Waals surface area contributed by atoms with Gasteiger partial charge in [-0.2, -0.15) is 0 Å². The summed E-state index contributed by atoms with van der Waals surface area (Å²) in [7, 11) is -2.87. The van der Waals surface area contributed by atoms with E-state index in [1.165, 1.54) is 0 Å². The van der Waals surface area contributed by atoms with Crippen molar-refractivity contribution in [1.29, 1.82) is 0 Å². The van der Waals surface area contributed by atoms with Crippen LogP contribution in [0.25, 0.3) is 0 Å². The van der Waals surface area contributed by atoms with Crippen LogP contribution in [0.4, 0.5) is 0 Å². The van der Waals surface area contributed by atoms with Crippen LogP contribution in [0.3, 0.4) is 0 Å². The largest absolute Gasteiger partial charge is 0.395 e. The second-order valence-corrected chi connectivity index (χ2v) is 6.97. The number of benzene rings is 1. The van der Waals surface area contributed by atoms with Crippen molar-refractivity contribution in [2.24, 2.45) is 0 Å². The van der Waals surface area contributed by atoms with Gasteiger partial charge >= 0.3 is 0 Å². The molecule has 1 saturated heterocycles. The molecule has 1 N–H and O–H groups in total. The molecule has 1 aliphatic rings. The molecule has 5 heteroatoms. The summed E-state index contributed by atoms with van der Waals surface area (Å²) < 4.78 is 23.0. The van der Waals surface area contributed by atoms with Crippen molar-refractivity contribution < 1.29 is 13.5 Å². The van der Waals surface area contributed by atoms with Crippen LogP contribution in [0.5, 0.6) is 0 Å². The van der Waals surface area contributed by atoms with Gasteiger partial charge < -0.3 is 5.11 Å². The third-order valence-corrected chi connectivity index (χ3v) is 5.09. The van der Waals surface area contributed by atoms with Gasteiger partial charge in [0.05, 0.1) is 18.1 Å². The van der Waals surface area contributed by atoms with Crippen LogP contribution in [0.1, 0.15) is 12.0 Å². The number of hydrogen-bond acceptors (Lipinski definition) is 4. The minimum atomic E-state index is -2.87. The fourth-order valence-electron chi connectivity index (χ4n) is 2.40. The van der Waals surface area contributed by atoms with Crippen molar-refractivity contribution >= 4 is 9.84 Å². The predicted molar refractivity (Wildman–Crippen MR) is 71.0 cm³/mol. The highest BCUT2D eigenvalue weighted by Crippen LogP contribution is 2.19. The highest BCUT2D eigenvalue weighted by Gasteiger charge is 2.31. The Bertz CT molecular complexity index is 472. The van der Waals surface area contributed by atoms with Crippen molar-refractivity contribution in [3.05, 3.63) is 35.9 Å². The van der Waals surface area contributed by atoms with Gasteiger partial charge in [0, 0.05) is 19.1 Å². The zero-order valence-electron chi connectivity index (χ0n) is 10.3. The van der Waals surface area contributed by atoms with E-state index in [4.69, 9.17) is 5.11 Å². The highest BCUT2D eigenvalue weighted by atomic mass is 32.2. The van der Waals surface area contributed by atoms with Crippen LogP contribution in [0, 0.1) is 0 Å². The average molecular weight is 269 g/mol. The summed E-state index contributed by atoms with van der Waals surface area (Å²) >= 11 is 0. The smallest absolute Gasteiger partial charge is 0.151 e. The number of sulfone groups is 1. The van der Waals surface area contributed by atoms with E-state index in [0.29, 0.717) is 19.5 Å². The van der Waals surface area contributed by atoms with Crippen LogP contribution >= 0.6 is 0 Å². The van der Waals surface area contributed by atoms with Crippen molar-refractivity contribution in [3.8, 4) is 0 Å². The van der Waals surface area contributed by atoms with Crippen molar-refractivity contribution in [2.75, 3.05) is 24.7 Å². The summed E-state index contributed by atoms with van der Waals surface area (Å²) in [5, 5.41) is 9.11. The van der Waals surface area contributed by atoms with E-state index in [2.05, 4.69) is 4.90 Å². The van der Waals surface area contributed by atoms with E-state index < -0.39 is 9.84 Å². The maximum atomic E-state index is 11.5. The molecule has 2 rings (SSSR count). The number of nitrogens with zero attached hydrogens (tertiary/aromatic N) is 1. The Labute approximate surface area is 108 Å². The van der Waals surface area contributed by atoms with Crippen LogP contribution in [0.2, 0.25) is 0 Å². The minimum Gasteiger partial charge on any atom is -0.395 e. The molecule has 1 aliphatic heterocycles. The van der Waals surface area contributed by atoms with Crippen LogP contribution in [0.15, 0.2) is 30.3 Å². The van der Waals surface area contributed by atoms with Gasteiger partial charge in [-0.05, 0) is 12.0 Å². The second-order valence-electron chi connectivity index (χ2n) is 4.74. The first-order valence-electron chi connectivity index (χ1n) is 6.20. The molecule has 0 saturated carbocycles. The Hall–Kier alpha value is -0.910. The Balaban J connectivity index is 2.05. The molecule has 0 radical (unpaired) electrons. The quantitative estimate of drug-likeness (QED) is 0.853. The van der Waals surface area contributed by atoms with Crippen molar-refractivity contribution in [1.82, 2.24) is 4.90 Å². The van der Waals surface area contributed by atoms with E-state index >= 15 is 0 Å². The molecule has 1 atom stereocenters. The summed E-state index contributed by atoms with van der Waals surface area (Å²) in [6.07, 6.45) is 0.676. The Morgan fingerprint density at radius 1 is 1.28 bits per heavy atom. The summed E-state index contributed by atoms with van der Waals surface area (Å²) in [4.78, 5) is 2.07. The topological polar surface area (TPSA) is 57.6 Å². The van der Waals surface area contributed by atoms with Gasteiger partial charge in [0.15, 0.2) is 9.84 Å². The van der Waals surface area contributed by atoms with E-state index in [9.17, 15) is 8.42 Å². The molecule has 1 fully saturated rings. The number of aliphatic hydroxyl groups is 1. The molecule has 0 aliphatic carbocycles. The molecule has 1 heterocycles. The lowest BCUT2D eigenvalue weighted by molar-refractivity contribution is 0.153. The third-order valence-electron chi connectivity index (χ3n) is 3.34. The maximum Gasteiger partial charge on any atom is 0.151 e. The van der Waals surface area contributed by atoms with Gasteiger partial charge in [-0.15, -0.1) is 0 Å². The van der Waals surface area contributed by atoms with Crippen LogP contribution in [-0.2, 0) is 16.4 Å². The first kappa shape index (κ1) is 13.5. The molecule has 100 valence electrons. The molecule has 18 heavy (non-hydrogen) atoms. The summed E-state index contributed by atoms with van der Waals surface area (Å²) in [6, 6.07) is 9.99. The fraction of sp³-hybridized carbons (Fsp3) is 0.538. The molecular formula is C13H19NO3S. The summed E-state index contributed by atoms with van der Waals surface area (Å²) in [5.74, 6) is 0.494. The fourth-order valence-corrected chi connectivity index (χ4v) is 4.16. The number of hydrogen-bond donors (Lipinski definition) is 1. The van der Waals surface area contributed by atoms with Gasteiger partial charge in [-0.1, -0.05) is 30.3 Å². The van der Waals surface area contributed by atoms with Crippen molar-refractivity contribution in [2.45, 2.75) is 19.0 Å². The monoisotopic (exact) mass is 269 g/mol. The lowest BCUT2D eigenvalue weighted by Crippen LogP contribution is -2.37. The predicted octanol–water partition coefficient (Wildman–Crippen LogP) is 0.668. The lowest BCUT2D eigenvalue weighted by atomic mass is 10.1. The van der Waals surface area contributed by atoms with Crippen LogP contribution in [-0.4, -0.2) is 49.1 Å². The van der Waals surface area contributed by atoms with Gasteiger partial charge in [-0.25, -0.2) is 8.42 Å². The average Bonchev–Trinajstić information content (AvgIpc) is 2.70. The van der Waals surface area contributed by atoms with E-state index in [0.717, 1.165) is 5.56 Å². The number of aliphatic hydroxyl groups excluding tert-OH is 1. The normalized spacial score (nSPS) is 22.4. The third kappa shape index (κ3) is 3.54. The van der Waals surface area contributed by atoms with Crippen LogP contribution < -0.4 is 0 Å². The molecule has 0 bridgehead atoms. The van der Waals surface area contributed by atoms with E-state index in [-0.39, 0.29) is 24.2 Å². The molecule has 0 unspecified atom stereocenters. The first-order valence-corrected chi connectivity index (χ1v) is 8.02. The van der Waals surface area contributed by atoms with Gasteiger partial charge in [0.1, 0.15) is 0 Å². The Morgan fingerprint density at radius 2 is 2.00 bits per heavy atom. The zero-order valence-corrected chi connectivity index (χ0v) is 11.1. The van der Waals surface area contributed by atoms with E-state index in [1.807, 2.05) is 30.3 Å². The molecule has 0 amide bonds. The molecule has 1 aromatic rings. The summed E-state index contributed by atoms with van der Waals surface area (Å²) in [5.41, 5.74) is 1.15. The second kappa shape index (κ2) is 5.82. The standard InChI is InChI=1S/C13H19NO3S/c15-8-7-14(10-12-4-2-1-3-5-12)13-6-9-18(16,17)11-13/h1-5,13,15H,6-11H2/t13-/m1/s1. The van der Waals surface area contributed by atoms with E-state index in [1.54, 1.807) is 0 Å². The maximum absolute atomic E-state index is 11.5. The van der Waals surface area contributed by atoms with Gasteiger partial charge in [0.25, 0.3) is 0 Å². The Kier molecular flexibility index (Phi) is 4.37. The summed E-state index contributed by atoms with van der Waals surface area (Å²) in [6.45, 7) is 1.28. The molecular weight excluding hydrogens is 250 g/mol. The molecule has 1 aromatic carbocycles. The Morgan fingerprint density at radius 3 is 2.56 bits per heavy atom. The SMILES string of the molecule is O=S1(=O)CC[C@@H](N(CCO)Cc2ccccc2)C1. The highest BCUT2D eigenvalue weighted by molar-refractivity contribution is 7.91. The van der Waals surface area contributed by atoms with Crippen molar-refractivity contribution in [3.63, 3.8) is 0 Å². The number of rotatable bonds is 5. The lowest BCUT2D eigenvalue weighted by Gasteiger charge is -2.27.